The molecule has 7 rings (SSSR count). The lowest BCUT2D eigenvalue weighted by molar-refractivity contribution is -0.136. The Bertz CT molecular complexity index is 1590. The van der Waals surface area contributed by atoms with Gasteiger partial charge in [-0.25, -0.2) is 9.97 Å². The number of carbonyl (C=O) groups is 1. The van der Waals surface area contributed by atoms with Crippen molar-refractivity contribution in [2.75, 3.05) is 36.4 Å². The summed E-state index contributed by atoms with van der Waals surface area (Å²) in [4.78, 5) is 33.4. The van der Waals surface area contributed by atoms with Gasteiger partial charge in [-0.3, -0.25) is 14.9 Å². The van der Waals surface area contributed by atoms with Crippen molar-refractivity contribution < 1.29 is 4.79 Å². The number of pyridine rings is 1. The monoisotopic (exact) mass is 510 g/mol. The summed E-state index contributed by atoms with van der Waals surface area (Å²) in [6.07, 6.45) is 9.58. The van der Waals surface area contributed by atoms with E-state index in [0.717, 1.165) is 78.1 Å². The number of benzene rings is 1. The summed E-state index contributed by atoms with van der Waals surface area (Å²) in [7, 11) is 0. The van der Waals surface area contributed by atoms with Crippen LogP contribution in [0.5, 0.6) is 0 Å². The summed E-state index contributed by atoms with van der Waals surface area (Å²) >= 11 is 1.70. The molecule has 5 aromatic rings. The Kier molecular flexibility index (Phi) is 5.46. The van der Waals surface area contributed by atoms with Gasteiger partial charge in [-0.1, -0.05) is 0 Å². The second-order valence-corrected chi connectivity index (χ2v) is 10.7. The second kappa shape index (κ2) is 9.11. The summed E-state index contributed by atoms with van der Waals surface area (Å²) < 4.78 is 0. The molecule has 1 amide bonds. The topological polar surface area (TPSA) is 103 Å². The maximum Gasteiger partial charge on any atom is 0.226 e. The van der Waals surface area contributed by atoms with Crippen LogP contribution < -0.4 is 10.2 Å². The minimum Gasteiger partial charge on any atom is -0.368 e. The van der Waals surface area contributed by atoms with E-state index in [1.54, 1.807) is 17.7 Å². The van der Waals surface area contributed by atoms with E-state index >= 15 is 0 Å². The highest BCUT2D eigenvalue weighted by atomic mass is 32.1. The van der Waals surface area contributed by atoms with Gasteiger partial charge < -0.3 is 15.1 Å². The summed E-state index contributed by atoms with van der Waals surface area (Å²) in [5.41, 5.74) is 4.42. The molecule has 10 heteroatoms. The highest BCUT2D eigenvalue weighted by molar-refractivity contribution is 7.19. The van der Waals surface area contributed by atoms with E-state index in [1.165, 1.54) is 16.1 Å². The average molecular weight is 511 g/mol. The van der Waals surface area contributed by atoms with Crippen molar-refractivity contribution in [1.82, 2.24) is 30.0 Å². The number of piperazine rings is 1. The number of hydrogen-bond acceptors (Lipinski definition) is 8. The smallest absolute Gasteiger partial charge is 0.226 e. The third-order valence-electron chi connectivity index (χ3n) is 7.52. The summed E-state index contributed by atoms with van der Waals surface area (Å²) in [6.45, 7) is 3.23. The Hall–Kier alpha value is -4.05. The zero-order valence-corrected chi connectivity index (χ0v) is 21.0. The fraction of sp³-hybridized carbons (Fsp3) is 0.296. The predicted molar refractivity (Wildman–Crippen MR) is 145 cm³/mol. The molecule has 1 unspecified atom stereocenters. The molecule has 1 saturated heterocycles. The number of amides is 1. The lowest BCUT2D eigenvalue weighted by atomic mass is 9.86. The van der Waals surface area contributed by atoms with E-state index in [0.29, 0.717) is 0 Å². The number of H-pyrrole nitrogens is 1. The molecule has 1 atom stereocenters. The highest BCUT2D eigenvalue weighted by Crippen LogP contribution is 2.41. The fourth-order valence-electron chi connectivity index (χ4n) is 5.57. The number of fused-ring (bicyclic) bond motifs is 4. The molecule has 1 aliphatic carbocycles. The van der Waals surface area contributed by atoms with Crippen LogP contribution in [0.1, 0.15) is 16.9 Å². The van der Waals surface area contributed by atoms with Gasteiger partial charge in [0, 0.05) is 66.1 Å². The van der Waals surface area contributed by atoms with Gasteiger partial charge in [0.15, 0.2) is 0 Å². The van der Waals surface area contributed by atoms with Crippen molar-refractivity contribution in [2.24, 2.45) is 5.92 Å². The Morgan fingerprint density at radius 2 is 1.95 bits per heavy atom. The second-order valence-electron chi connectivity index (χ2n) is 9.66. The molecular weight excluding hydrogens is 484 g/mol. The van der Waals surface area contributed by atoms with E-state index < -0.39 is 0 Å². The van der Waals surface area contributed by atoms with Crippen LogP contribution in [0.25, 0.3) is 21.1 Å². The standard InChI is InChI=1S/C27H26N8OS/c36-27(35-11-9-34(10-12-35)20-5-7-28-8-6-20)17-1-3-21-23(14-17)37-26-24(21)25(29-16-30-26)32-19-2-4-22-18(13-19)15-31-33-22/h2,4-8,13,15-17H,1,3,9-12,14H2,(H,31,33)(H,29,30,32). The van der Waals surface area contributed by atoms with Crippen molar-refractivity contribution in [1.29, 1.82) is 0 Å². The van der Waals surface area contributed by atoms with Crippen LogP contribution >= 0.6 is 11.3 Å². The average Bonchev–Trinajstić information content (AvgIpc) is 3.57. The number of nitrogens with one attached hydrogen (secondary N) is 2. The first-order chi connectivity index (χ1) is 18.2. The van der Waals surface area contributed by atoms with Crippen molar-refractivity contribution in [3.8, 4) is 0 Å². The number of aryl methyl sites for hydroxylation is 1. The summed E-state index contributed by atoms with van der Waals surface area (Å²) in [5.74, 6) is 1.14. The van der Waals surface area contributed by atoms with Gasteiger partial charge in [0.1, 0.15) is 17.0 Å². The van der Waals surface area contributed by atoms with E-state index in [1.807, 2.05) is 42.9 Å². The molecule has 1 fully saturated rings. The summed E-state index contributed by atoms with van der Waals surface area (Å²) in [6, 6.07) is 10.2. The van der Waals surface area contributed by atoms with Gasteiger partial charge in [0.25, 0.3) is 0 Å². The first kappa shape index (κ1) is 22.2. The molecule has 1 aliphatic heterocycles. The zero-order chi connectivity index (χ0) is 24.8. The van der Waals surface area contributed by atoms with Crippen molar-refractivity contribution in [3.05, 3.63) is 65.7 Å². The number of aromatic nitrogens is 5. The molecule has 4 aromatic heterocycles. The maximum absolute atomic E-state index is 13.5. The summed E-state index contributed by atoms with van der Waals surface area (Å²) in [5, 5.41) is 12.7. The number of nitrogens with zero attached hydrogens (tertiary/aromatic N) is 6. The Morgan fingerprint density at radius 1 is 1.08 bits per heavy atom. The molecule has 0 bridgehead atoms. The molecule has 0 saturated carbocycles. The van der Waals surface area contributed by atoms with Gasteiger partial charge in [-0.2, -0.15) is 5.10 Å². The number of thiophene rings is 1. The number of anilines is 3. The quantitative estimate of drug-likeness (QED) is 0.374. The number of rotatable bonds is 4. The maximum atomic E-state index is 13.5. The molecule has 9 nitrogen and oxygen atoms in total. The highest BCUT2D eigenvalue weighted by Gasteiger charge is 2.33. The van der Waals surface area contributed by atoms with Gasteiger partial charge in [-0.15, -0.1) is 11.3 Å². The van der Waals surface area contributed by atoms with Crippen LogP contribution in [0, 0.1) is 5.92 Å². The SMILES string of the molecule is O=C(C1CCc2c(sc3ncnc(Nc4ccc5[nH]ncc5c4)c23)C1)N1CCN(c2ccncc2)CC1. The van der Waals surface area contributed by atoms with Crippen LogP contribution in [0.15, 0.2) is 55.2 Å². The lowest BCUT2D eigenvalue weighted by Crippen LogP contribution is -2.51. The van der Waals surface area contributed by atoms with E-state index in [9.17, 15) is 4.79 Å². The van der Waals surface area contributed by atoms with Crippen LogP contribution in [0.4, 0.5) is 17.2 Å². The number of hydrogen-bond donors (Lipinski definition) is 2. The first-order valence-corrected chi connectivity index (χ1v) is 13.4. The van der Waals surface area contributed by atoms with Crippen LogP contribution in [-0.2, 0) is 17.6 Å². The number of aromatic amines is 1. The molecule has 186 valence electrons. The minimum atomic E-state index is 0.0286. The Labute approximate surface area is 217 Å². The van der Waals surface area contributed by atoms with Crippen molar-refractivity contribution >= 4 is 55.6 Å². The molecule has 2 aliphatic rings. The molecular formula is C27H26N8OS. The van der Waals surface area contributed by atoms with Crippen LogP contribution in [0.2, 0.25) is 0 Å². The van der Waals surface area contributed by atoms with Crippen LogP contribution in [0.3, 0.4) is 0 Å². The van der Waals surface area contributed by atoms with Gasteiger partial charge in [-0.05, 0) is 55.2 Å². The van der Waals surface area contributed by atoms with E-state index in [2.05, 4.69) is 46.3 Å². The van der Waals surface area contributed by atoms with Crippen molar-refractivity contribution in [2.45, 2.75) is 19.3 Å². The first-order valence-electron chi connectivity index (χ1n) is 12.6. The molecule has 5 heterocycles. The normalized spacial score (nSPS) is 17.8. The van der Waals surface area contributed by atoms with Crippen LogP contribution in [-0.4, -0.2) is 62.1 Å². The lowest BCUT2D eigenvalue weighted by Gasteiger charge is -2.38. The minimum absolute atomic E-state index is 0.0286. The molecule has 1 aromatic carbocycles. The van der Waals surface area contributed by atoms with E-state index in [-0.39, 0.29) is 11.8 Å². The van der Waals surface area contributed by atoms with Gasteiger partial charge in [0.05, 0.1) is 17.1 Å². The number of carbonyl (C=O) groups excluding carboxylic acids is 1. The van der Waals surface area contributed by atoms with Crippen molar-refractivity contribution in [3.63, 3.8) is 0 Å². The Balaban J connectivity index is 1.08. The Morgan fingerprint density at radius 3 is 2.81 bits per heavy atom. The molecule has 37 heavy (non-hydrogen) atoms. The molecule has 0 spiro atoms. The van der Waals surface area contributed by atoms with E-state index in [4.69, 9.17) is 0 Å². The molecule has 0 radical (unpaired) electrons. The zero-order valence-electron chi connectivity index (χ0n) is 20.2. The van der Waals surface area contributed by atoms with Gasteiger partial charge in [0.2, 0.25) is 5.91 Å². The van der Waals surface area contributed by atoms with Gasteiger partial charge >= 0.3 is 0 Å². The largest absolute Gasteiger partial charge is 0.368 e. The third kappa shape index (κ3) is 4.07. The fourth-order valence-corrected chi connectivity index (χ4v) is 6.84. The predicted octanol–water partition coefficient (Wildman–Crippen LogP) is 4.16. The third-order valence-corrected chi connectivity index (χ3v) is 8.68. The molecule has 2 N–H and O–H groups in total.